The molecule has 2 aliphatic rings. The van der Waals surface area contributed by atoms with Gasteiger partial charge in [0.1, 0.15) is 23.7 Å². The second kappa shape index (κ2) is 13.1. The predicted octanol–water partition coefficient (Wildman–Crippen LogP) is 2.15. The van der Waals surface area contributed by atoms with Gasteiger partial charge in [0.2, 0.25) is 11.8 Å². The maximum Gasteiger partial charge on any atom is 0.329 e. The molecule has 3 heterocycles. The fourth-order valence-corrected chi connectivity index (χ4v) is 5.73. The number of nitrogens with zero attached hydrogens (tertiary/aromatic N) is 3. The molecule has 3 aromatic rings. The van der Waals surface area contributed by atoms with Crippen LogP contribution in [-0.2, 0) is 36.8 Å². The summed E-state index contributed by atoms with van der Waals surface area (Å²) in [5, 5.41) is 5.63. The number of rotatable bonds is 13. The van der Waals surface area contributed by atoms with Gasteiger partial charge in [-0.15, -0.1) is 0 Å². The van der Waals surface area contributed by atoms with Crippen LogP contribution in [0, 0.1) is 6.92 Å². The molecule has 1 unspecified atom stereocenters. The number of carbonyl (C=O) groups excluding carboxylic acids is 5. The maximum absolute atomic E-state index is 13.2. The summed E-state index contributed by atoms with van der Waals surface area (Å²) < 4.78 is 11.1. The summed E-state index contributed by atoms with van der Waals surface area (Å²) in [5.41, 5.74) is 6.54. The highest BCUT2D eigenvalue weighted by molar-refractivity contribution is 6.13. The van der Waals surface area contributed by atoms with Gasteiger partial charge in [-0.25, -0.2) is 9.78 Å². The van der Waals surface area contributed by atoms with Crippen molar-refractivity contribution in [2.75, 3.05) is 23.8 Å². The Kier molecular flexibility index (Phi) is 9.15. The van der Waals surface area contributed by atoms with Gasteiger partial charge in [-0.1, -0.05) is 18.2 Å². The molecule has 0 bridgehead atoms. The third-order valence-corrected chi connectivity index (χ3v) is 8.00. The Morgan fingerprint density at radius 1 is 1.09 bits per heavy atom. The van der Waals surface area contributed by atoms with Crippen molar-refractivity contribution in [2.45, 2.75) is 63.6 Å². The van der Waals surface area contributed by atoms with E-state index in [1.807, 2.05) is 6.07 Å². The minimum Gasteiger partial charge on any atom is -0.478 e. The molecule has 240 valence electrons. The van der Waals surface area contributed by atoms with Gasteiger partial charge in [-0.3, -0.25) is 19.8 Å². The standard InChI is InChI=1S/C33H36N6O7/c1-20(2)46-30(44)33(32(19-41,38-33)12-13-40)17-23-6-9-24(10-7-23)39-26-11-8-22(16-25(26)29(43)35-18-28(39)42)5-4-14-45-27-15-21(3)36-31(34)37-27/h6-11,13,15-16,19-20,38H,4-5,12,14,17-18H2,1-3H3,(H,35,43)(H2,34,36,37)/t32?,33-/m0/s1. The van der Waals surface area contributed by atoms with E-state index in [0.717, 1.165) is 5.56 Å². The summed E-state index contributed by atoms with van der Waals surface area (Å²) in [5.74, 6) is -0.761. The molecule has 2 atom stereocenters. The average molecular weight is 629 g/mol. The summed E-state index contributed by atoms with van der Waals surface area (Å²) in [7, 11) is 0. The van der Waals surface area contributed by atoms with Crippen LogP contribution < -0.4 is 26.0 Å². The fourth-order valence-electron chi connectivity index (χ4n) is 5.73. The van der Waals surface area contributed by atoms with E-state index >= 15 is 0 Å². The SMILES string of the molecule is Cc1cc(OCCCc2ccc3c(c2)C(=O)NCC(=O)N3c2ccc(C[C@@]3(C(=O)OC(C)C)NC3(C=O)CC=O)cc2)nc(N)n1. The van der Waals surface area contributed by atoms with Gasteiger partial charge in [0.25, 0.3) is 11.8 Å². The van der Waals surface area contributed by atoms with Crippen molar-refractivity contribution in [3.05, 3.63) is 70.9 Å². The highest BCUT2D eigenvalue weighted by Crippen LogP contribution is 2.44. The Bertz CT molecular complexity index is 1660. The molecule has 13 heteroatoms. The molecule has 0 saturated carbocycles. The predicted molar refractivity (Wildman–Crippen MR) is 168 cm³/mol. The Hall–Kier alpha value is -5.17. The first kappa shape index (κ1) is 32.2. The number of aldehydes is 2. The number of nitrogens with two attached hydrogens (primary N) is 1. The lowest BCUT2D eigenvalue weighted by Crippen LogP contribution is -2.40. The normalized spacial score (nSPS) is 20.4. The number of fused-ring (bicyclic) bond motifs is 1. The lowest BCUT2D eigenvalue weighted by atomic mass is 9.85. The third kappa shape index (κ3) is 6.45. The van der Waals surface area contributed by atoms with Gasteiger partial charge in [0.15, 0.2) is 0 Å². The van der Waals surface area contributed by atoms with E-state index in [-0.39, 0.29) is 37.1 Å². The van der Waals surface area contributed by atoms with Gasteiger partial charge in [-0.05, 0) is 69.0 Å². The number of amides is 2. The number of benzene rings is 2. The van der Waals surface area contributed by atoms with E-state index in [1.165, 1.54) is 4.90 Å². The van der Waals surface area contributed by atoms with Crippen LogP contribution in [0.3, 0.4) is 0 Å². The first-order valence-electron chi connectivity index (χ1n) is 15.0. The number of hydrogen-bond donors (Lipinski definition) is 3. The molecule has 2 aromatic carbocycles. The highest BCUT2D eigenvalue weighted by atomic mass is 16.5. The highest BCUT2D eigenvalue weighted by Gasteiger charge is 2.72. The van der Waals surface area contributed by atoms with Crippen molar-refractivity contribution in [1.82, 2.24) is 20.6 Å². The molecule has 13 nitrogen and oxygen atoms in total. The second-order valence-corrected chi connectivity index (χ2v) is 11.7. The molecule has 46 heavy (non-hydrogen) atoms. The van der Waals surface area contributed by atoms with Crippen LogP contribution in [0.5, 0.6) is 5.88 Å². The van der Waals surface area contributed by atoms with Gasteiger partial charge in [-0.2, -0.15) is 4.98 Å². The van der Waals surface area contributed by atoms with Crippen molar-refractivity contribution in [1.29, 1.82) is 0 Å². The number of hydrogen-bond acceptors (Lipinski definition) is 11. The molecule has 1 saturated heterocycles. The summed E-state index contributed by atoms with van der Waals surface area (Å²) in [6.07, 6.45) is 1.95. The summed E-state index contributed by atoms with van der Waals surface area (Å²) in [6.45, 7) is 5.40. The van der Waals surface area contributed by atoms with Crippen LogP contribution in [0.2, 0.25) is 0 Å². The van der Waals surface area contributed by atoms with Crippen LogP contribution in [0.25, 0.3) is 0 Å². The minimum atomic E-state index is -1.38. The van der Waals surface area contributed by atoms with Crippen LogP contribution in [-0.4, -0.2) is 70.7 Å². The zero-order valence-corrected chi connectivity index (χ0v) is 25.9. The molecule has 4 N–H and O–H groups in total. The summed E-state index contributed by atoms with van der Waals surface area (Å²) >= 11 is 0. The number of aryl methyl sites for hydroxylation is 2. The van der Waals surface area contributed by atoms with Gasteiger partial charge in [0, 0.05) is 30.3 Å². The van der Waals surface area contributed by atoms with E-state index in [4.69, 9.17) is 15.2 Å². The molecule has 5 rings (SSSR count). The number of nitrogens with one attached hydrogen (secondary N) is 2. The Balaban J connectivity index is 1.33. The lowest BCUT2D eigenvalue weighted by Gasteiger charge is -2.23. The maximum atomic E-state index is 13.2. The number of anilines is 3. The molecule has 1 aromatic heterocycles. The average Bonchev–Trinajstić information content (AvgIpc) is 3.68. The molecule has 0 aliphatic carbocycles. The monoisotopic (exact) mass is 628 g/mol. The zero-order chi connectivity index (χ0) is 33.1. The molecule has 2 aliphatic heterocycles. The summed E-state index contributed by atoms with van der Waals surface area (Å²) in [6, 6.07) is 14.0. The van der Waals surface area contributed by atoms with Gasteiger partial charge < -0.3 is 30.1 Å². The Morgan fingerprint density at radius 3 is 2.50 bits per heavy atom. The number of carbonyl (C=O) groups is 5. The van der Waals surface area contributed by atoms with Crippen LogP contribution in [0.15, 0.2) is 48.5 Å². The number of esters is 1. The van der Waals surface area contributed by atoms with E-state index in [1.54, 1.807) is 63.2 Å². The van der Waals surface area contributed by atoms with E-state index in [9.17, 15) is 24.0 Å². The first-order valence-corrected chi connectivity index (χ1v) is 15.0. The van der Waals surface area contributed by atoms with Crippen molar-refractivity contribution in [2.24, 2.45) is 0 Å². The Labute approximate surface area is 265 Å². The fraction of sp³-hybridized carbons (Fsp3) is 0.364. The van der Waals surface area contributed by atoms with Crippen molar-refractivity contribution in [3.63, 3.8) is 0 Å². The smallest absolute Gasteiger partial charge is 0.329 e. The summed E-state index contributed by atoms with van der Waals surface area (Å²) in [4.78, 5) is 72.3. The number of nitrogen functional groups attached to an aromatic ring is 1. The van der Waals surface area contributed by atoms with E-state index in [0.29, 0.717) is 66.1 Å². The molecule has 2 amide bonds. The molecule has 0 radical (unpaired) electrons. The number of aromatic nitrogens is 2. The van der Waals surface area contributed by atoms with Gasteiger partial charge >= 0.3 is 5.97 Å². The van der Waals surface area contributed by atoms with Crippen molar-refractivity contribution < 1.29 is 33.4 Å². The molecular formula is C33H36N6O7. The number of ether oxygens (including phenoxy) is 2. The van der Waals surface area contributed by atoms with Crippen LogP contribution >= 0.6 is 0 Å². The second-order valence-electron chi connectivity index (χ2n) is 11.7. The Morgan fingerprint density at radius 2 is 1.83 bits per heavy atom. The van der Waals surface area contributed by atoms with E-state index in [2.05, 4.69) is 20.6 Å². The first-order chi connectivity index (χ1) is 22.0. The van der Waals surface area contributed by atoms with Gasteiger partial charge in [0.05, 0.1) is 30.5 Å². The zero-order valence-electron chi connectivity index (χ0n) is 25.9. The largest absolute Gasteiger partial charge is 0.478 e. The van der Waals surface area contributed by atoms with E-state index < -0.39 is 23.2 Å². The molecule has 1 fully saturated rings. The quantitative estimate of drug-likeness (QED) is 0.109. The van der Waals surface area contributed by atoms with Crippen LogP contribution in [0.1, 0.15) is 53.9 Å². The van der Waals surface area contributed by atoms with Crippen molar-refractivity contribution >= 4 is 47.7 Å². The molecular weight excluding hydrogens is 592 g/mol. The minimum absolute atomic E-state index is 0.0906. The third-order valence-electron chi connectivity index (χ3n) is 8.00. The van der Waals surface area contributed by atoms with Crippen molar-refractivity contribution in [3.8, 4) is 5.88 Å². The molecule has 0 spiro atoms. The van der Waals surface area contributed by atoms with Crippen LogP contribution in [0.4, 0.5) is 17.3 Å². The topological polar surface area (TPSA) is 193 Å². The lowest BCUT2D eigenvalue weighted by molar-refractivity contribution is -0.151.